The third-order valence-electron chi connectivity index (χ3n) is 3.39. The summed E-state index contributed by atoms with van der Waals surface area (Å²) in [5, 5.41) is 2.56. The van der Waals surface area contributed by atoms with Crippen molar-refractivity contribution in [3.63, 3.8) is 0 Å². The number of carbonyl (C=O) groups is 2. The summed E-state index contributed by atoms with van der Waals surface area (Å²) in [6.45, 7) is 0.497. The van der Waals surface area contributed by atoms with E-state index in [-0.39, 0.29) is 6.42 Å². The summed E-state index contributed by atoms with van der Waals surface area (Å²) in [5.74, 6) is -1.15. The first kappa shape index (κ1) is 18.5. The van der Waals surface area contributed by atoms with Crippen molar-refractivity contribution in [3.05, 3.63) is 35.9 Å². The van der Waals surface area contributed by atoms with Crippen LogP contribution >= 0.6 is 0 Å². The second kappa shape index (κ2) is 10.3. The molecule has 0 saturated heterocycles. The molecule has 2 atom stereocenters. The number of hydrogen-bond donors (Lipinski definition) is 3. The first-order valence-electron chi connectivity index (χ1n) is 7.49. The highest BCUT2D eigenvalue weighted by molar-refractivity contribution is 5.89. The molecule has 0 heterocycles. The number of benzene rings is 1. The van der Waals surface area contributed by atoms with E-state index in [1.165, 1.54) is 6.08 Å². The lowest BCUT2D eigenvalue weighted by Gasteiger charge is -2.18. The van der Waals surface area contributed by atoms with Crippen molar-refractivity contribution in [2.24, 2.45) is 16.5 Å². The van der Waals surface area contributed by atoms with Gasteiger partial charge in [0.2, 0.25) is 17.9 Å². The van der Waals surface area contributed by atoms with E-state index in [2.05, 4.69) is 10.3 Å². The third kappa shape index (κ3) is 6.86. The summed E-state index contributed by atoms with van der Waals surface area (Å²) in [5.41, 5.74) is 11.6. The number of unbranched alkanes of at least 4 members (excludes halogenated alkanes) is 1. The third-order valence-corrected chi connectivity index (χ3v) is 3.39. The van der Waals surface area contributed by atoms with Crippen LogP contribution < -0.4 is 16.8 Å². The Hall–Kier alpha value is -2.50. The monoisotopic (exact) mass is 318 g/mol. The van der Waals surface area contributed by atoms with E-state index in [4.69, 9.17) is 11.5 Å². The fraction of sp³-hybridized carbons (Fsp3) is 0.438. The van der Waals surface area contributed by atoms with Crippen LogP contribution in [0.3, 0.4) is 0 Å². The Labute approximate surface area is 135 Å². The molecule has 0 spiro atoms. The molecule has 1 rings (SSSR count). The number of carbonyl (C=O) groups excluding carboxylic acids is 3. The number of nitrogens with zero attached hydrogens (tertiary/aromatic N) is 1. The molecule has 23 heavy (non-hydrogen) atoms. The number of rotatable bonds is 10. The van der Waals surface area contributed by atoms with Gasteiger partial charge in [-0.1, -0.05) is 30.3 Å². The van der Waals surface area contributed by atoms with Gasteiger partial charge in [-0.25, -0.2) is 4.79 Å². The van der Waals surface area contributed by atoms with Gasteiger partial charge in [-0.3, -0.25) is 9.59 Å². The van der Waals surface area contributed by atoms with Crippen LogP contribution in [-0.4, -0.2) is 36.5 Å². The highest BCUT2D eigenvalue weighted by atomic mass is 16.2. The van der Waals surface area contributed by atoms with Crippen LogP contribution in [0.2, 0.25) is 0 Å². The molecule has 0 aliphatic heterocycles. The Balaban J connectivity index is 2.70. The number of hydrogen-bond acceptors (Lipinski definition) is 5. The number of amides is 2. The maximum atomic E-state index is 12.2. The fourth-order valence-electron chi connectivity index (χ4n) is 2.14. The Morgan fingerprint density at radius 2 is 1.91 bits per heavy atom. The zero-order valence-corrected chi connectivity index (χ0v) is 12.9. The van der Waals surface area contributed by atoms with Crippen LogP contribution in [0.5, 0.6) is 0 Å². The van der Waals surface area contributed by atoms with Gasteiger partial charge in [0, 0.05) is 6.42 Å². The molecule has 0 aliphatic carbocycles. The Bertz CT molecular complexity index is 556. The second-order valence-electron chi connectivity index (χ2n) is 5.17. The van der Waals surface area contributed by atoms with Crippen LogP contribution in [0.4, 0.5) is 0 Å². The quantitative estimate of drug-likeness (QED) is 0.319. The summed E-state index contributed by atoms with van der Waals surface area (Å²) >= 11 is 0. The number of aliphatic imine (C=N–C) groups is 1. The van der Waals surface area contributed by atoms with E-state index >= 15 is 0 Å². The van der Waals surface area contributed by atoms with Gasteiger partial charge in [-0.05, 0) is 31.4 Å². The zero-order valence-electron chi connectivity index (χ0n) is 12.9. The van der Waals surface area contributed by atoms with E-state index in [9.17, 15) is 14.4 Å². The lowest BCUT2D eigenvalue weighted by atomic mass is 10.0. The Morgan fingerprint density at radius 3 is 2.48 bits per heavy atom. The molecule has 0 bridgehead atoms. The largest absolute Gasteiger partial charge is 0.368 e. The summed E-state index contributed by atoms with van der Waals surface area (Å²) < 4.78 is 0. The van der Waals surface area contributed by atoms with Crippen LogP contribution in [0, 0.1) is 0 Å². The van der Waals surface area contributed by atoms with Gasteiger partial charge < -0.3 is 16.8 Å². The van der Waals surface area contributed by atoms with Crippen LogP contribution in [0.15, 0.2) is 35.3 Å². The zero-order chi connectivity index (χ0) is 17.1. The highest BCUT2D eigenvalue weighted by Gasteiger charge is 2.24. The average molecular weight is 318 g/mol. The molecule has 0 aliphatic rings. The van der Waals surface area contributed by atoms with Crippen LogP contribution in [0.1, 0.15) is 24.8 Å². The van der Waals surface area contributed by atoms with Crippen molar-refractivity contribution in [2.45, 2.75) is 37.8 Å². The van der Waals surface area contributed by atoms with Crippen molar-refractivity contribution < 1.29 is 14.4 Å². The Morgan fingerprint density at radius 1 is 1.22 bits per heavy atom. The summed E-state index contributed by atoms with van der Waals surface area (Å²) in [6, 6.07) is 7.46. The lowest BCUT2D eigenvalue weighted by Crippen LogP contribution is -2.48. The SMILES string of the molecule is NCCCC[C@H](N=C=O)C(=O)N[C@@H](Cc1ccccc1)C(N)=O. The van der Waals surface area contributed by atoms with Crippen molar-refractivity contribution in [3.8, 4) is 0 Å². The van der Waals surface area contributed by atoms with E-state index in [1.54, 1.807) is 0 Å². The van der Waals surface area contributed by atoms with Gasteiger partial charge in [0.1, 0.15) is 12.1 Å². The second-order valence-corrected chi connectivity index (χ2v) is 5.17. The average Bonchev–Trinajstić information content (AvgIpc) is 2.54. The molecule has 0 saturated carbocycles. The number of primary amides is 1. The molecule has 0 radical (unpaired) electrons. The standard InChI is InChI=1S/C16H22N4O3/c17-9-5-4-8-13(19-11-21)16(23)20-14(15(18)22)10-12-6-2-1-3-7-12/h1-3,6-7,13-14H,4-5,8-10,17H2,(H2,18,22)(H,20,23)/t13-,14-/m0/s1. The maximum Gasteiger partial charge on any atom is 0.246 e. The first-order chi connectivity index (χ1) is 11.1. The molecule has 124 valence electrons. The van der Waals surface area contributed by atoms with E-state index in [0.29, 0.717) is 19.4 Å². The van der Waals surface area contributed by atoms with Crippen molar-refractivity contribution in [1.29, 1.82) is 0 Å². The lowest BCUT2D eigenvalue weighted by molar-refractivity contribution is -0.128. The van der Waals surface area contributed by atoms with Crippen molar-refractivity contribution >= 4 is 17.9 Å². The predicted octanol–water partition coefficient (Wildman–Crippen LogP) is 0.0326. The minimum absolute atomic E-state index is 0.280. The summed E-state index contributed by atoms with van der Waals surface area (Å²) in [4.78, 5) is 37.8. The summed E-state index contributed by atoms with van der Waals surface area (Å²) in [6.07, 6.45) is 3.42. The van der Waals surface area contributed by atoms with Crippen LogP contribution in [-0.2, 0) is 20.8 Å². The molecule has 0 fully saturated rings. The van der Waals surface area contributed by atoms with Gasteiger partial charge in [0.05, 0.1) is 0 Å². The van der Waals surface area contributed by atoms with Gasteiger partial charge in [0.25, 0.3) is 0 Å². The first-order valence-corrected chi connectivity index (χ1v) is 7.49. The van der Waals surface area contributed by atoms with Gasteiger partial charge in [0.15, 0.2) is 0 Å². The smallest absolute Gasteiger partial charge is 0.246 e. The molecule has 1 aromatic rings. The minimum Gasteiger partial charge on any atom is -0.368 e. The van der Waals surface area contributed by atoms with Crippen LogP contribution in [0.25, 0.3) is 0 Å². The molecule has 7 nitrogen and oxygen atoms in total. The molecular formula is C16H22N4O3. The molecule has 2 amide bonds. The van der Waals surface area contributed by atoms with Gasteiger partial charge in [-0.15, -0.1) is 0 Å². The minimum atomic E-state index is -0.878. The topological polar surface area (TPSA) is 128 Å². The highest BCUT2D eigenvalue weighted by Crippen LogP contribution is 2.07. The van der Waals surface area contributed by atoms with Gasteiger partial charge >= 0.3 is 0 Å². The normalized spacial score (nSPS) is 12.7. The molecular weight excluding hydrogens is 296 g/mol. The molecule has 0 unspecified atom stereocenters. The van der Waals surface area contributed by atoms with Crippen molar-refractivity contribution in [1.82, 2.24) is 5.32 Å². The predicted molar refractivity (Wildman–Crippen MR) is 86.1 cm³/mol. The molecule has 5 N–H and O–H groups in total. The number of nitrogens with two attached hydrogens (primary N) is 2. The van der Waals surface area contributed by atoms with Gasteiger partial charge in [-0.2, -0.15) is 4.99 Å². The number of isocyanates is 1. The summed E-state index contributed by atoms with van der Waals surface area (Å²) in [7, 11) is 0. The van der Waals surface area contributed by atoms with Crippen molar-refractivity contribution in [2.75, 3.05) is 6.54 Å². The Kier molecular flexibility index (Phi) is 8.28. The van der Waals surface area contributed by atoms with E-state index < -0.39 is 23.9 Å². The maximum absolute atomic E-state index is 12.2. The molecule has 0 aromatic heterocycles. The fourth-order valence-corrected chi connectivity index (χ4v) is 2.14. The van der Waals surface area contributed by atoms with E-state index in [0.717, 1.165) is 12.0 Å². The number of nitrogens with one attached hydrogen (secondary N) is 1. The molecule has 1 aromatic carbocycles. The van der Waals surface area contributed by atoms with E-state index in [1.807, 2.05) is 30.3 Å². The molecule has 7 heteroatoms.